The van der Waals surface area contributed by atoms with Crippen LogP contribution in [-0.4, -0.2) is 58.4 Å². The van der Waals surface area contributed by atoms with Gasteiger partial charge in [-0.15, -0.1) is 0 Å². The smallest absolute Gasteiger partial charge is 0.311 e. The summed E-state index contributed by atoms with van der Waals surface area (Å²) in [5.41, 5.74) is -0.975. The normalized spacial score (nSPS) is 28.3. The molecule has 2 rings (SSSR count). The fraction of sp³-hybridized carbons (Fsp3) is 0.824. The zero-order valence-corrected chi connectivity index (χ0v) is 14.6. The highest BCUT2D eigenvalue weighted by molar-refractivity contribution is 5.89. The summed E-state index contributed by atoms with van der Waals surface area (Å²) in [7, 11) is 0. The Kier molecular flexibility index (Phi) is 4.74. The minimum absolute atomic E-state index is 0.0218. The predicted molar refractivity (Wildman–Crippen MR) is 85.7 cm³/mol. The predicted octanol–water partition coefficient (Wildman–Crippen LogP) is 1.74. The molecular weight excluding hydrogens is 296 g/mol. The Hall–Kier alpha value is -1.59. The molecule has 6 heteroatoms. The van der Waals surface area contributed by atoms with Gasteiger partial charge in [0, 0.05) is 26.1 Å². The van der Waals surface area contributed by atoms with E-state index in [-0.39, 0.29) is 23.8 Å². The lowest BCUT2D eigenvalue weighted by Gasteiger charge is -2.30. The number of rotatable bonds is 3. The highest BCUT2D eigenvalue weighted by Crippen LogP contribution is 2.32. The van der Waals surface area contributed by atoms with Crippen LogP contribution in [0.2, 0.25) is 0 Å². The monoisotopic (exact) mass is 324 g/mol. The Balaban J connectivity index is 2.04. The van der Waals surface area contributed by atoms with Gasteiger partial charge < -0.3 is 14.9 Å². The Morgan fingerprint density at radius 3 is 2.39 bits per heavy atom. The van der Waals surface area contributed by atoms with E-state index < -0.39 is 17.4 Å². The van der Waals surface area contributed by atoms with Crippen LogP contribution in [0.1, 0.15) is 53.4 Å². The molecule has 0 aromatic heterocycles. The van der Waals surface area contributed by atoms with Crippen LogP contribution in [0.5, 0.6) is 0 Å². The molecule has 1 N–H and O–H groups in total. The van der Waals surface area contributed by atoms with Crippen molar-refractivity contribution in [2.24, 2.45) is 10.8 Å². The van der Waals surface area contributed by atoms with Crippen molar-refractivity contribution >= 4 is 17.8 Å². The molecule has 2 unspecified atom stereocenters. The minimum Gasteiger partial charge on any atom is -0.481 e. The van der Waals surface area contributed by atoms with E-state index in [0.29, 0.717) is 32.4 Å². The molecule has 2 amide bonds. The van der Waals surface area contributed by atoms with E-state index >= 15 is 0 Å². The molecule has 2 atom stereocenters. The van der Waals surface area contributed by atoms with Crippen LogP contribution in [0.25, 0.3) is 0 Å². The van der Waals surface area contributed by atoms with E-state index in [4.69, 9.17) is 0 Å². The van der Waals surface area contributed by atoms with Gasteiger partial charge in [0.2, 0.25) is 11.8 Å². The molecule has 0 saturated carbocycles. The van der Waals surface area contributed by atoms with Gasteiger partial charge in [0.25, 0.3) is 0 Å². The van der Waals surface area contributed by atoms with Crippen LogP contribution in [0.4, 0.5) is 0 Å². The second-order valence-corrected chi connectivity index (χ2v) is 8.36. The third-order valence-electron chi connectivity index (χ3n) is 4.84. The van der Waals surface area contributed by atoms with E-state index in [1.807, 2.05) is 20.8 Å². The molecule has 2 fully saturated rings. The van der Waals surface area contributed by atoms with Gasteiger partial charge in [-0.1, -0.05) is 20.8 Å². The SMILES string of the molecule is CC(C)(C)CC(=O)N1CCCC1C(=O)N1CCC(C)(C(=O)O)C1. The molecule has 2 heterocycles. The molecule has 2 aliphatic heterocycles. The zero-order chi connectivity index (χ0) is 17.4. The van der Waals surface area contributed by atoms with Gasteiger partial charge in [-0.05, 0) is 31.6 Å². The Morgan fingerprint density at radius 1 is 1.22 bits per heavy atom. The third-order valence-corrected chi connectivity index (χ3v) is 4.84. The van der Waals surface area contributed by atoms with E-state index in [0.717, 1.165) is 6.42 Å². The van der Waals surface area contributed by atoms with Crippen molar-refractivity contribution in [3.63, 3.8) is 0 Å². The fourth-order valence-electron chi connectivity index (χ4n) is 3.41. The van der Waals surface area contributed by atoms with Gasteiger partial charge in [0.15, 0.2) is 0 Å². The molecule has 130 valence electrons. The van der Waals surface area contributed by atoms with Crippen molar-refractivity contribution in [1.29, 1.82) is 0 Å². The molecule has 0 aromatic carbocycles. The standard InChI is InChI=1S/C17H28N2O4/c1-16(2,3)10-13(20)19-8-5-6-12(19)14(21)18-9-7-17(4,11-18)15(22)23/h12H,5-11H2,1-4H3,(H,22,23). The summed E-state index contributed by atoms with van der Waals surface area (Å²) in [6.07, 6.45) is 2.39. The molecule has 6 nitrogen and oxygen atoms in total. The van der Waals surface area contributed by atoms with Crippen LogP contribution in [0, 0.1) is 10.8 Å². The fourth-order valence-corrected chi connectivity index (χ4v) is 3.41. The van der Waals surface area contributed by atoms with Crippen LogP contribution in [-0.2, 0) is 14.4 Å². The Labute approximate surface area is 137 Å². The van der Waals surface area contributed by atoms with Gasteiger partial charge in [-0.3, -0.25) is 14.4 Å². The summed E-state index contributed by atoms with van der Waals surface area (Å²) in [5.74, 6) is -0.928. The van der Waals surface area contributed by atoms with Gasteiger partial charge in [-0.25, -0.2) is 0 Å². The highest BCUT2D eigenvalue weighted by atomic mass is 16.4. The maximum atomic E-state index is 12.8. The molecule has 0 spiro atoms. The second kappa shape index (κ2) is 6.13. The number of carbonyl (C=O) groups is 3. The lowest BCUT2D eigenvalue weighted by Crippen LogP contribution is -2.48. The van der Waals surface area contributed by atoms with E-state index in [9.17, 15) is 19.5 Å². The molecule has 0 aliphatic carbocycles. The van der Waals surface area contributed by atoms with Crippen molar-refractivity contribution in [1.82, 2.24) is 9.80 Å². The third kappa shape index (κ3) is 3.85. The second-order valence-electron chi connectivity index (χ2n) is 8.36. The van der Waals surface area contributed by atoms with Crippen molar-refractivity contribution in [2.75, 3.05) is 19.6 Å². The number of likely N-dealkylation sites (tertiary alicyclic amines) is 2. The average Bonchev–Trinajstić information content (AvgIpc) is 3.03. The van der Waals surface area contributed by atoms with Crippen molar-refractivity contribution in [3.8, 4) is 0 Å². The van der Waals surface area contributed by atoms with Crippen molar-refractivity contribution in [3.05, 3.63) is 0 Å². The Bertz CT molecular complexity index is 511. The number of amides is 2. The van der Waals surface area contributed by atoms with Crippen molar-refractivity contribution in [2.45, 2.75) is 59.4 Å². The zero-order valence-electron chi connectivity index (χ0n) is 14.6. The molecule has 2 aliphatic rings. The molecule has 0 radical (unpaired) electrons. The van der Waals surface area contributed by atoms with Gasteiger partial charge in [0.05, 0.1) is 5.41 Å². The van der Waals surface area contributed by atoms with Crippen LogP contribution >= 0.6 is 0 Å². The number of carboxylic acid groups (broad SMARTS) is 1. The molecule has 0 aromatic rings. The topological polar surface area (TPSA) is 77.9 Å². The minimum atomic E-state index is -0.867. The Morgan fingerprint density at radius 2 is 1.87 bits per heavy atom. The maximum absolute atomic E-state index is 12.8. The molecule has 23 heavy (non-hydrogen) atoms. The summed E-state index contributed by atoms with van der Waals surface area (Å²) in [6.45, 7) is 9.03. The molecular formula is C17H28N2O4. The van der Waals surface area contributed by atoms with Gasteiger partial charge in [0.1, 0.15) is 6.04 Å². The van der Waals surface area contributed by atoms with E-state index in [2.05, 4.69) is 0 Å². The summed E-state index contributed by atoms with van der Waals surface area (Å²) in [5, 5.41) is 9.30. The van der Waals surface area contributed by atoms with E-state index in [1.165, 1.54) is 0 Å². The van der Waals surface area contributed by atoms with Gasteiger partial charge >= 0.3 is 5.97 Å². The molecule has 0 bridgehead atoms. The number of carbonyl (C=O) groups excluding carboxylic acids is 2. The van der Waals surface area contributed by atoms with Crippen LogP contribution in [0.3, 0.4) is 0 Å². The summed E-state index contributed by atoms with van der Waals surface area (Å²) >= 11 is 0. The lowest BCUT2D eigenvalue weighted by atomic mass is 9.90. The number of hydrogen-bond acceptors (Lipinski definition) is 3. The lowest BCUT2D eigenvalue weighted by molar-refractivity contribution is -0.149. The number of carboxylic acids is 1. The molecule has 2 saturated heterocycles. The maximum Gasteiger partial charge on any atom is 0.311 e. The van der Waals surface area contributed by atoms with Crippen LogP contribution < -0.4 is 0 Å². The van der Waals surface area contributed by atoms with Crippen LogP contribution in [0.15, 0.2) is 0 Å². The number of aliphatic carboxylic acids is 1. The summed E-state index contributed by atoms with van der Waals surface area (Å²) < 4.78 is 0. The first-order valence-electron chi connectivity index (χ1n) is 8.35. The first kappa shape index (κ1) is 17.8. The summed E-state index contributed by atoms with van der Waals surface area (Å²) in [6, 6.07) is -0.416. The highest BCUT2D eigenvalue weighted by Gasteiger charge is 2.45. The summed E-state index contributed by atoms with van der Waals surface area (Å²) in [4.78, 5) is 39.9. The van der Waals surface area contributed by atoms with E-state index in [1.54, 1.807) is 16.7 Å². The average molecular weight is 324 g/mol. The van der Waals surface area contributed by atoms with Crippen molar-refractivity contribution < 1.29 is 19.5 Å². The first-order chi connectivity index (χ1) is 10.5. The number of nitrogens with zero attached hydrogens (tertiary/aromatic N) is 2. The first-order valence-corrected chi connectivity index (χ1v) is 8.35. The van der Waals surface area contributed by atoms with Gasteiger partial charge in [-0.2, -0.15) is 0 Å². The number of hydrogen-bond donors (Lipinski definition) is 1. The quantitative estimate of drug-likeness (QED) is 0.858. The largest absolute Gasteiger partial charge is 0.481 e.